The average molecular weight is 336 g/mol. The first-order valence-electron chi connectivity index (χ1n) is 7.31. The molecule has 1 aromatic heterocycles. The number of hydrogen-bond donors (Lipinski definition) is 2. The van der Waals surface area contributed by atoms with Crippen molar-refractivity contribution < 1.29 is 23.1 Å². The number of nitrogens with one attached hydrogen (secondary N) is 1. The molecule has 2 amide bonds. The molecule has 1 atom stereocenters. The van der Waals surface area contributed by atoms with E-state index >= 15 is 0 Å². The Bertz CT molecular complexity index is 529. The van der Waals surface area contributed by atoms with E-state index in [0.29, 0.717) is 18.2 Å². The summed E-state index contributed by atoms with van der Waals surface area (Å²) in [7, 11) is 1.18. The van der Waals surface area contributed by atoms with Gasteiger partial charge in [0.05, 0.1) is 24.1 Å². The highest BCUT2D eigenvalue weighted by Crippen LogP contribution is 2.21. The molecule has 0 bridgehead atoms. The number of rotatable bonds is 6. The van der Waals surface area contributed by atoms with E-state index in [1.807, 2.05) is 0 Å². The number of aryl methyl sites for hydroxylation is 1. The minimum absolute atomic E-state index is 0.437. The number of urea groups is 1. The Morgan fingerprint density at radius 2 is 2.09 bits per heavy atom. The van der Waals surface area contributed by atoms with Crippen LogP contribution in [0.3, 0.4) is 0 Å². The van der Waals surface area contributed by atoms with Crippen molar-refractivity contribution in [1.29, 1.82) is 0 Å². The highest BCUT2D eigenvalue weighted by molar-refractivity contribution is 5.89. The van der Waals surface area contributed by atoms with Crippen molar-refractivity contribution in [3.8, 4) is 0 Å². The lowest BCUT2D eigenvalue weighted by Gasteiger charge is -2.22. The van der Waals surface area contributed by atoms with E-state index in [1.54, 1.807) is 11.6 Å². The number of amides is 2. The summed E-state index contributed by atoms with van der Waals surface area (Å²) in [4.78, 5) is 12.7. The van der Waals surface area contributed by atoms with Gasteiger partial charge in [0, 0.05) is 13.6 Å². The quantitative estimate of drug-likeness (QED) is 0.839. The Morgan fingerprint density at radius 1 is 1.48 bits per heavy atom. The number of hydrogen-bond acceptors (Lipinski definition) is 3. The predicted molar refractivity (Wildman–Crippen MR) is 80.1 cm³/mol. The van der Waals surface area contributed by atoms with E-state index in [0.717, 1.165) is 17.0 Å². The van der Waals surface area contributed by atoms with Crippen LogP contribution in [0, 0.1) is 12.8 Å². The molecule has 2 N–H and O–H groups in total. The Morgan fingerprint density at radius 3 is 2.61 bits per heavy atom. The Hall–Kier alpha value is -1.77. The molecule has 9 heteroatoms. The van der Waals surface area contributed by atoms with Gasteiger partial charge < -0.3 is 15.3 Å². The first kappa shape index (κ1) is 19.3. The van der Waals surface area contributed by atoms with Gasteiger partial charge >= 0.3 is 12.2 Å². The van der Waals surface area contributed by atoms with Crippen LogP contribution in [-0.2, 0) is 6.54 Å². The highest BCUT2D eigenvalue weighted by atomic mass is 19.4. The van der Waals surface area contributed by atoms with Crippen LogP contribution >= 0.6 is 0 Å². The number of aromatic nitrogens is 2. The molecule has 1 unspecified atom stereocenters. The summed E-state index contributed by atoms with van der Waals surface area (Å²) in [5.41, 5.74) is 1.16. The number of nitrogens with zero attached hydrogens (tertiary/aromatic N) is 3. The highest BCUT2D eigenvalue weighted by Gasteiger charge is 2.39. The fourth-order valence-electron chi connectivity index (χ4n) is 1.83. The summed E-state index contributed by atoms with van der Waals surface area (Å²) in [5.74, 6) is 0.506. The molecule has 1 rings (SSSR count). The van der Waals surface area contributed by atoms with Crippen LogP contribution in [-0.4, -0.2) is 51.7 Å². The van der Waals surface area contributed by atoms with Crippen molar-refractivity contribution in [2.75, 3.05) is 18.9 Å². The van der Waals surface area contributed by atoms with Crippen LogP contribution < -0.4 is 5.32 Å². The van der Waals surface area contributed by atoms with Crippen molar-refractivity contribution in [3.63, 3.8) is 0 Å². The summed E-state index contributed by atoms with van der Waals surface area (Å²) in [5, 5.41) is 15.6. The molecule has 0 aliphatic carbocycles. The zero-order valence-corrected chi connectivity index (χ0v) is 13.7. The normalized spacial score (nSPS) is 13.3. The molecule has 0 aliphatic rings. The average Bonchev–Trinajstić information content (AvgIpc) is 2.76. The number of aliphatic hydroxyl groups is 1. The molecule has 0 aromatic carbocycles. The zero-order valence-electron chi connectivity index (χ0n) is 13.7. The number of likely N-dealkylation sites (N-methyl/N-ethyl adjacent to an activating group) is 1. The van der Waals surface area contributed by atoms with Crippen LogP contribution in [0.5, 0.6) is 0 Å². The number of carbonyl (C=O) groups excluding carboxylic acids is 1. The second-order valence-electron chi connectivity index (χ2n) is 5.92. The van der Waals surface area contributed by atoms with E-state index in [2.05, 4.69) is 24.3 Å². The van der Waals surface area contributed by atoms with E-state index in [9.17, 15) is 18.0 Å². The summed E-state index contributed by atoms with van der Waals surface area (Å²) < 4.78 is 38.6. The first-order valence-corrected chi connectivity index (χ1v) is 7.31. The third kappa shape index (κ3) is 5.74. The summed E-state index contributed by atoms with van der Waals surface area (Å²) in [6.45, 7) is 5.80. The lowest BCUT2D eigenvalue weighted by molar-refractivity contribution is -0.205. The lowest BCUT2D eigenvalue weighted by atomic mass is 10.1. The number of aliphatic hydroxyl groups excluding tert-OH is 1. The van der Waals surface area contributed by atoms with Crippen molar-refractivity contribution in [2.45, 2.75) is 46.0 Å². The molecule has 0 saturated heterocycles. The van der Waals surface area contributed by atoms with Gasteiger partial charge in [0.1, 0.15) is 0 Å². The van der Waals surface area contributed by atoms with Gasteiger partial charge in [-0.15, -0.1) is 0 Å². The maximum Gasteiger partial charge on any atom is 0.416 e. The SMILES string of the molecule is Cc1c(NC(=O)N(C)CC(O)C(F)(F)F)cnn1CCC(C)C. The van der Waals surface area contributed by atoms with Gasteiger partial charge in [0.15, 0.2) is 6.10 Å². The first-order chi connectivity index (χ1) is 10.5. The third-order valence-electron chi connectivity index (χ3n) is 3.43. The molecule has 0 radical (unpaired) electrons. The molecule has 1 heterocycles. The van der Waals surface area contributed by atoms with Gasteiger partial charge in [-0.1, -0.05) is 13.8 Å². The van der Waals surface area contributed by atoms with Crippen molar-refractivity contribution in [1.82, 2.24) is 14.7 Å². The molecule has 0 aliphatic heterocycles. The molecule has 0 saturated carbocycles. The molecule has 23 heavy (non-hydrogen) atoms. The molecule has 1 aromatic rings. The molecule has 0 spiro atoms. The van der Waals surface area contributed by atoms with Gasteiger partial charge in [-0.05, 0) is 19.3 Å². The van der Waals surface area contributed by atoms with Crippen LogP contribution in [0.25, 0.3) is 0 Å². The van der Waals surface area contributed by atoms with Crippen LogP contribution in [0.1, 0.15) is 26.0 Å². The number of halogens is 3. The predicted octanol–water partition coefficient (Wildman–Crippen LogP) is 2.62. The van der Waals surface area contributed by atoms with Crippen LogP contribution in [0.15, 0.2) is 6.20 Å². The summed E-state index contributed by atoms with van der Waals surface area (Å²) >= 11 is 0. The second kappa shape index (κ2) is 7.67. The van der Waals surface area contributed by atoms with Crippen molar-refractivity contribution in [3.05, 3.63) is 11.9 Å². The van der Waals surface area contributed by atoms with E-state index < -0.39 is 24.9 Å². The van der Waals surface area contributed by atoms with Gasteiger partial charge in [0.25, 0.3) is 0 Å². The number of carbonyl (C=O) groups is 1. The smallest absolute Gasteiger partial charge is 0.382 e. The Kier molecular flexibility index (Phi) is 6.43. The zero-order chi connectivity index (χ0) is 17.8. The maximum absolute atomic E-state index is 12.3. The monoisotopic (exact) mass is 336 g/mol. The molecular weight excluding hydrogens is 313 g/mol. The fourth-order valence-corrected chi connectivity index (χ4v) is 1.83. The molecule has 132 valence electrons. The standard InChI is InChI=1S/C14H23F3N4O2/c1-9(2)5-6-21-10(3)11(7-18-21)19-13(23)20(4)8-12(22)14(15,16)17/h7,9,12,22H,5-6,8H2,1-4H3,(H,19,23). The van der Waals surface area contributed by atoms with Crippen molar-refractivity contribution in [2.24, 2.45) is 5.92 Å². The lowest BCUT2D eigenvalue weighted by Crippen LogP contribution is -2.43. The second-order valence-corrected chi connectivity index (χ2v) is 5.92. The van der Waals surface area contributed by atoms with Crippen LogP contribution in [0.2, 0.25) is 0 Å². The van der Waals surface area contributed by atoms with Gasteiger partial charge in [-0.2, -0.15) is 18.3 Å². The molecule has 6 nitrogen and oxygen atoms in total. The van der Waals surface area contributed by atoms with Gasteiger partial charge in [-0.25, -0.2) is 4.79 Å². The van der Waals surface area contributed by atoms with E-state index in [-0.39, 0.29) is 0 Å². The Labute approximate surface area is 133 Å². The van der Waals surface area contributed by atoms with Crippen LogP contribution in [0.4, 0.5) is 23.7 Å². The number of alkyl halides is 3. The minimum atomic E-state index is -4.76. The Balaban J connectivity index is 2.63. The largest absolute Gasteiger partial charge is 0.416 e. The third-order valence-corrected chi connectivity index (χ3v) is 3.43. The minimum Gasteiger partial charge on any atom is -0.382 e. The van der Waals surface area contributed by atoms with E-state index in [1.165, 1.54) is 13.2 Å². The summed E-state index contributed by atoms with van der Waals surface area (Å²) in [6.07, 6.45) is -4.95. The van der Waals surface area contributed by atoms with Crippen molar-refractivity contribution >= 4 is 11.7 Å². The maximum atomic E-state index is 12.3. The molecule has 0 fully saturated rings. The number of anilines is 1. The molecular formula is C14H23F3N4O2. The fraction of sp³-hybridized carbons (Fsp3) is 0.714. The van der Waals surface area contributed by atoms with Gasteiger partial charge in [0.2, 0.25) is 0 Å². The van der Waals surface area contributed by atoms with Gasteiger partial charge in [-0.3, -0.25) is 4.68 Å². The summed E-state index contributed by atoms with van der Waals surface area (Å²) in [6, 6.07) is -0.736. The van der Waals surface area contributed by atoms with E-state index in [4.69, 9.17) is 5.11 Å². The topological polar surface area (TPSA) is 70.4 Å².